The highest BCUT2D eigenvalue weighted by Crippen LogP contribution is 2.19. The van der Waals surface area contributed by atoms with Gasteiger partial charge in [-0.25, -0.2) is 4.39 Å². The summed E-state index contributed by atoms with van der Waals surface area (Å²) in [5.41, 5.74) is 4.24. The molecule has 8 heteroatoms. The molecule has 0 aliphatic heterocycles. The fourth-order valence-electron chi connectivity index (χ4n) is 3.34. The van der Waals surface area contributed by atoms with Gasteiger partial charge in [-0.3, -0.25) is 9.67 Å². The van der Waals surface area contributed by atoms with Crippen LogP contribution in [0.15, 0.2) is 35.5 Å². The monoisotopic (exact) mass is 512 g/mol. The number of nitrogens with zero attached hydrogens (tertiary/aromatic N) is 3. The van der Waals surface area contributed by atoms with Crippen molar-refractivity contribution in [2.45, 2.75) is 40.2 Å². The molecule has 0 fully saturated rings. The Bertz CT molecular complexity index is 946. The van der Waals surface area contributed by atoms with Gasteiger partial charge < -0.3 is 15.6 Å². The van der Waals surface area contributed by atoms with Gasteiger partial charge in [-0.2, -0.15) is 5.10 Å². The van der Waals surface area contributed by atoms with E-state index < -0.39 is 0 Å². The molecule has 0 amide bonds. The normalized spacial score (nSPS) is 11.5. The molecule has 2 heterocycles. The summed E-state index contributed by atoms with van der Waals surface area (Å²) in [6.45, 7) is 9.33. The number of aryl methyl sites for hydroxylation is 3. The number of H-pyrrole nitrogens is 1. The lowest BCUT2D eigenvalue weighted by Gasteiger charge is -2.11. The van der Waals surface area contributed by atoms with Crippen molar-refractivity contribution < 1.29 is 4.39 Å². The van der Waals surface area contributed by atoms with Gasteiger partial charge in [0.15, 0.2) is 5.96 Å². The molecule has 3 rings (SSSR count). The predicted molar refractivity (Wildman–Crippen MR) is 128 cm³/mol. The van der Waals surface area contributed by atoms with Gasteiger partial charge in [-0.1, -0.05) is 0 Å². The third-order valence-corrected chi connectivity index (χ3v) is 4.66. The molecule has 1 aromatic carbocycles. The van der Waals surface area contributed by atoms with Gasteiger partial charge in [0, 0.05) is 49.0 Å². The van der Waals surface area contributed by atoms with Crippen LogP contribution in [0.2, 0.25) is 0 Å². The summed E-state index contributed by atoms with van der Waals surface area (Å²) in [6.07, 6.45) is 3.72. The topological polar surface area (TPSA) is 70.0 Å². The number of hydrogen-bond donors (Lipinski definition) is 3. The Morgan fingerprint density at radius 2 is 2.07 bits per heavy atom. The highest BCUT2D eigenvalue weighted by atomic mass is 127. The van der Waals surface area contributed by atoms with Crippen molar-refractivity contribution >= 4 is 40.8 Å². The Labute approximate surface area is 188 Å². The fraction of sp³-hybridized carbons (Fsp3) is 0.429. The van der Waals surface area contributed by atoms with E-state index in [0.717, 1.165) is 61.6 Å². The number of fused-ring (bicyclic) bond motifs is 1. The standard InChI is InChI=1S/C21H29FN6.HI/c1-4-23-21(24-9-5-11-28-16(3)12-15(2)27-28)25-10-8-17-14-26-20-13-18(22)6-7-19(17)20;/h6-7,12-14,26H,4-5,8-11H2,1-3H3,(H2,23,24,25);1H. The minimum absolute atomic E-state index is 0. The number of aliphatic imine (C=N–C) groups is 1. The number of rotatable bonds is 8. The lowest BCUT2D eigenvalue weighted by Crippen LogP contribution is -2.38. The number of aromatic nitrogens is 3. The Kier molecular flexibility index (Phi) is 8.94. The molecular formula is C21H30FIN6. The Hall–Kier alpha value is -2.10. The quantitative estimate of drug-likeness (QED) is 0.186. The summed E-state index contributed by atoms with van der Waals surface area (Å²) in [5.74, 6) is 0.600. The van der Waals surface area contributed by atoms with Crippen molar-refractivity contribution in [1.29, 1.82) is 0 Å². The minimum atomic E-state index is -0.221. The first-order valence-corrected chi connectivity index (χ1v) is 9.85. The average molecular weight is 512 g/mol. The first kappa shape index (κ1) is 23.2. The largest absolute Gasteiger partial charge is 0.361 e. The fourth-order valence-corrected chi connectivity index (χ4v) is 3.34. The molecular weight excluding hydrogens is 482 g/mol. The van der Waals surface area contributed by atoms with E-state index in [1.54, 1.807) is 0 Å². The Morgan fingerprint density at radius 1 is 1.24 bits per heavy atom. The summed E-state index contributed by atoms with van der Waals surface area (Å²) >= 11 is 0. The predicted octanol–water partition coefficient (Wildman–Crippen LogP) is 3.93. The third kappa shape index (κ3) is 6.45. The second kappa shape index (κ2) is 11.2. The van der Waals surface area contributed by atoms with Crippen LogP contribution in [-0.2, 0) is 13.0 Å². The van der Waals surface area contributed by atoms with Crippen LogP contribution in [0.3, 0.4) is 0 Å². The zero-order valence-corrected chi connectivity index (χ0v) is 19.6. The number of hydrogen-bond acceptors (Lipinski definition) is 2. The highest BCUT2D eigenvalue weighted by molar-refractivity contribution is 14.0. The molecule has 6 nitrogen and oxygen atoms in total. The van der Waals surface area contributed by atoms with Gasteiger partial charge >= 0.3 is 0 Å². The van der Waals surface area contributed by atoms with Gasteiger partial charge in [0.1, 0.15) is 5.82 Å². The van der Waals surface area contributed by atoms with Crippen molar-refractivity contribution in [1.82, 2.24) is 25.4 Å². The second-order valence-corrected chi connectivity index (χ2v) is 6.95. The van der Waals surface area contributed by atoms with Crippen LogP contribution in [0.1, 0.15) is 30.3 Å². The van der Waals surface area contributed by atoms with Gasteiger partial charge in [0.05, 0.1) is 5.69 Å². The van der Waals surface area contributed by atoms with Crippen LogP contribution in [0.4, 0.5) is 4.39 Å². The highest BCUT2D eigenvalue weighted by Gasteiger charge is 2.05. The first-order valence-electron chi connectivity index (χ1n) is 9.85. The molecule has 3 aromatic rings. The molecule has 0 saturated carbocycles. The van der Waals surface area contributed by atoms with E-state index in [1.807, 2.05) is 23.9 Å². The summed E-state index contributed by atoms with van der Waals surface area (Å²) in [7, 11) is 0. The molecule has 0 aliphatic carbocycles. The van der Waals surface area contributed by atoms with Crippen molar-refractivity contribution in [2.24, 2.45) is 4.99 Å². The van der Waals surface area contributed by atoms with Gasteiger partial charge in [0.2, 0.25) is 0 Å². The average Bonchev–Trinajstić information content (AvgIpc) is 3.20. The maximum absolute atomic E-state index is 13.3. The van der Waals surface area contributed by atoms with E-state index in [4.69, 9.17) is 0 Å². The van der Waals surface area contributed by atoms with Crippen LogP contribution in [0, 0.1) is 19.7 Å². The molecule has 3 N–H and O–H groups in total. The maximum Gasteiger partial charge on any atom is 0.191 e. The van der Waals surface area contributed by atoms with Crippen molar-refractivity contribution in [3.63, 3.8) is 0 Å². The van der Waals surface area contributed by atoms with Gasteiger partial charge in [-0.15, -0.1) is 24.0 Å². The van der Waals surface area contributed by atoms with Gasteiger partial charge in [-0.05, 0) is 63.4 Å². The van der Waals surface area contributed by atoms with Crippen molar-refractivity contribution in [3.05, 3.63) is 53.2 Å². The molecule has 0 saturated heterocycles. The Balaban J connectivity index is 0.00000300. The number of benzene rings is 1. The molecule has 2 aromatic heterocycles. The number of guanidine groups is 1. The van der Waals surface area contributed by atoms with Gasteiger partial charge in [0.25, 0.3) is 0 Å². The van der Waals surface area contributed by atoms with E-state index in [1.165, 1.54) is 23.4 Å². The van der Waals surface area contributed by atoms with E-state index >= 15 is 0 Å². The van der Waals surface area contributed by atoms with Crippen LogP contribution >= 0.6 is 24.0 Å². The second-order valence-electron chi connectivity index (χ2n) is 6.95. The molecule has 0 atom stereocenters. The van der Waals surface area contributed by atoms with Crippen molar-refractivity contribution in [2.75, 3.05) is 19.6 Å². The van der Waals surface area contributed by atoms with E-state index in [0.29, 0.717) is 0 Å². The van der Waals surface area contributed by atoms with Crippen LogP contribution < -0.4 is 10.6 Å². The molecule has 158 valence electrons. The van der Waals surface area contributed by atoms with Crippen LogP contribution in [-0.4, -0.2) is 40.4 Å². The van der Waals surface area contributed by atoms with E-state index in [2.05, 4.69) is 45.6 Å². The summed E-state index contributed by atoms with van der Waals surface area (Å²) < 4.78 is 15.3. The molecule has 0 radical (unpaired) electrons. The SMILES string of the molecule is CCNC(=NCCCn1nc(C)cc1C)NCCc1c[nH]c2cc(F)ccc12.I. The molecule has 29 heavy (non-hydrogen) atoms. The number of halogens is 2. The zero-order chi connectivity index (χ0) is 19.9. The summed E-state index contributed by atoms with van der Waals surface area (Å²) in [5, 5.41) is 12.2. The van der Waals surface area contributed by atoms with E-state index in [9.17, 15) is 4.39 Å². The lowest BCUT2D eigenvalue weighted by molar-refractivity contribution is 0.567. The van der Waals surface area contributed by atoms with Crippen LogP contribution in [0.25, 0.3) is 10.9 Å². The number of nitrogens with one attached hydrogen (secondary N) is 3. The maximum atomic E-state index is 13.3. The lowest BCUT2D eigenvalue weighted by atomic mass is 10.1. The summed E-state index contributed by atoms with van der Waals surface area (Å²) in [6, 6.07) is 6.95. The Morgan fingerprint density at radius 3 is 2.79 bits per heavy atom. The smallest absolute Gasteiger partial charge is 0.191 e. The first-order chi connectivity index (χ1) is 13.6. The number of aromatic amines is 1. The molecule has 0 unspecified atom stereocenters. The van der Waals surface area contributed by atoms with E-state index in [-0.39, 0.29) is 29.8 Å². The zero-order valence-electron chi connectivity index (χ0n) is 17.3. The molecule has 0 spiro atoms. The third-order valence-electron chi connectivity index (χ3n) is 4.66. The summed E-state index contributed by atoms with van der Waals surface area (Å²) in [4.78, 5) is 7.79. The van der Waals surface area contributed by atoms with Crippen LogP contribution in [0.5, 0.6) is 0 Å². The van der Waals surface area contributed by atoms with Crippen molar-refractivity contribution in [3.8, 4) is 0 Å². The molecule has 0 aliphatic rings. The minimum Gasteiger partial charge on any atom is -0.361 e. The molecule has 0 bridgehead atoms.